The summed E-state index contributed by atoms with van der Waals surface area (Å²) in [4.78, 5) is 27.2. The SMILES string of the molecule is CC1(C)c2ccccc2[C@H]2OC(=O)N(C(=O)[C@@H]3C[C@@H]4C=C[C@H]3C4)[C@H]21. The van der Waals surface area contributed by atoms with Crippen molar-refractivity contribution in [1.82, 2.24) is 4.90 Å². The van der Waals surface area contributed by atoms with E-state index in [2.05, 4.69) is 32.1 Å². The lowest BCUT2D eigenvalue weighted by atomic mass is 9.81. The van der Waals surface area contributed by atoms with Gasteiger partial charge in [-0.15, -0.1) is 0 Å². The van der Waals surface area contributed by atoms with Crippen LogP contribution in [0.2, 0.25) is 0 Å². The van der Waals surface area contributed by atoms with Gasteiger partial charge in [0, 0.05) is 11.3 Å². The lowest BCUT2D eigenvalue weighted by Gasteiger charge is -2.33. The number of carbonyl (C=O) groups is 2. The molecule has 1 saturated carbocycles. The minimum Gasteiger partial charge on any atom is -0.439 e. The largest absolute Gasteiger partial charge is 0.439 e. The standard InChI is InChI=1S/C20H21NO3/c1-20(2)15-6-4-3-5-13(15)16-17(20)21(19(23)24-16)18(22)14-10-11-7-8-12(14)9-11/h3-8,11-12,14,16-17H,9-10H2,1-2H3/t11-,12+,14-,16-,17-/m1/s1. The molecule has 2 bridgehead atoms. The zero-order valence-electron chi connectivity index (χ0n) is 13.9. The molecule has 24 heavy (non-hydrogen) atoms. The van der Waals surface area contributed by atoms with Crippen LogP contribution in [0.4, 0.5) is 4.79 Å². The van der Waals surface area contributed by atoms with E-state index >= 15 is 0 Å². The number of rotatable bonds is 1. The lowest BCUT2D eigenvalue weighted by molar-refractivity contribution is -0.135. The smallest absolute Gasteiger partial charge is 0.417 e. The first kappa shape index (κ1) is 14.3. The van der Waals surface area contributed by atoms with Gasteiger partial charge in [-0.2, -0.15) is 0 Å². The van der Waals surface area contributed by atoms with E-state index in [1.165, 1.54) is 10.5 Å². The molecule has 1 aliphatic heterocycles. The van der Waals surface area contributed by atoms with Crippen LogP contribution in [-0.2, 0) is 14.9 Å². The van der Waals surface area contributed by atoms with Crippen molar-refractivity contribution in [2.45, 2.75) is 44.2 Å². The van der Waals surface area contributed by atoms with E-state index in [0.29, 0.717) is 11.8 Å². The molecular formula is C20H21NO3. The highest BCUT2D eigenvalue weighted by atomic mass is 16.6. The third kappa shape index (κ3) is 1.64. The van der Waals surface area contributed by atoms with Crippen molar-refractivity contribution >= 4 is 12.0 Å². The fourth-order valence-corrected chi connectivity index (χ4v) is 5.38. The molecule has 124 valence electrons. The number of fused-ring (bicyclic) bond motifs is 5. The maximum absolute atomic E-state index is 13.2. The van der Waals surface area contributed by atoms with E-state index in [1.54, 1.807) is 0 Å². The number of amides is 2. The van der Waals surface area contributed by atoms with Crippen LogP contribution in [0.25, 0.3) is 0 Å². The van der Waals surface area contributed by atoms with E-state index in [0.717, 1.165) is 18.4 Å². The summed E-state index contributed by atoms with van der Waals surface area (Å²) in [5, 5.41) is 0. The Morgan fingerprint density at radius 2 is 2.00 bits per heavy atom. The van der Waals surface area contributed by atoms with Gasteiger partial charge in [0.1, 0.15) is 0 Å². The lowest BCUT2D eigenvalue weighted by Crippen LogP contribution is -2.49. The first-order chi connectivity index (χ1) is 11.5. The molecule has 1 aromatic carbocycles. The predicted molar refractivity (Wildman–Crippen MR) is 88.2 cm³/mol. The van der Waals surface area contributed by atoms with E-state index in [1.807, 2.05) is 18.2 Å². The van der Waals surface area contributed by atoms with Crippen LogP contribution < -0.4 is 0 Å². The van der Waals surface area contributed by atoms with Crippen molar-refractivity contribution in [3.63, 3.8) is 0 Å². The number of allylic oxidation sites excluding steroid dienone is 2. The Hall–Kier alpha value is -2.10. The van der Waals surface area contributed by atoms with Gasteiger partial charge in [-0.1, -0.05) is 50.3 Å². The number of carbonyl (C=O) groups excluding carboxylic acids is 2. The summed E-state index contributed by atoms with van der Waals surface area (Å²) >= 11 is 0. The molecule has 3 aliphatic carbocycles. The minimum absolute atomic E-state index is 0.0368. The zero-order valence-corrected chi connectivity index (χ0v) is 13.9. The van der Waals surface area contributed by atoms with Crippen molar-refractivity contribution in [2.24, 2.45) is 17.8 Å². The summed E-state index contributed by atoms with van der Waals surface area (Å²) < 4.78 is 5.67. The first-order valence-electron chi connectivity index (χ1n) is 8.80. The Bertz CT molecular complexity index is 781. The first-order valence-corrected chi connectivity index (χ1v) is 8.80. The third-order valence-electron chi connectivity index (χ3n) is 6.52. The second kappa shape index (κ2) is 4.50. The summed E-state index contributed by atoms with van der Waals surface area (Å²) in [7, 11) is 0. The molecule has 5 rings (SSSR count). The van der Waals surface area contributed by atoms with Crippen LogP contribution in [0.1, 0.15) is 43.9 Å². The van der Waals surface area contributed by atoms with Gasteiger partial charge in [0.15, 0.2) is 6.10 Å². The molecule has 1 heterocycles. The molecular weight excluding hydrogens is 302 g/mol. The van der Waals surface area contributed by atoms with Gasteiger partial charge in [0.25, 0.3) is 0 Å². The van der Waals surface area contributed by atoms with Gasteiger partial charge >= 0.3 is 6.09 Å². The van der Waals surface area contributed by atoms with Gasteiger partial charge in [0.05, 0.1) is 6.04 Å². The Morgan fingerprint density at radius 3 is 2.71 bits per heavy atom. The van der Waals surface area contributed by atoms with Crippen molar-refractivity contribution in [1.29, 1.82) is 0 Å². The summed E-state index contributed by atoms with van der Waals surface area (Å²) in [6.45, 7) is 4.22. The highest BCUT2D eigenvalue weighted by Gasteiger charge is 2.60. The van der Waals surface area contributed by atoms with Gasteiger partial charge in [0.2, 0.25) is 5.91 Å². The quantitative estimate of drug-likeness (QED) is 0.742. The second-order valence-corrected chi connectivity index (χ2v) is 8.15. The maximum atomic E-state index is 13.2. The number of benzene rings is 1. The fraction of sp³-hybridized carbons (Fsp3) is 0.500. The molecule has 5 atom stereocenters. The van der Waals surface area contributed by atoms with E-state index in [9.17, 15) is 9.59 Å². The Labute approximate surface area is 141 Å². The second-order valence-electron chi connectivity index (χ2n) is 8.15. The Morgan fingerprint density at radius 1 is 1.21 bits per heavy atom. The average Bonchev–Trinajstić information content (AvgIpc) is 3.30. The zero-order chi connectivity index (χ0) is 16.6. The molecule has 0 unspecified atom stereocenters. The van der Waals surface area contributed by atoms with Crippen LogP contribution in [0.15, 0.2) is 36.4 Å². The van der Waals surface area contributed by atoms with Crippen LogP contribution in [-0.4, -0.2) is 22.9 Å². The van der Waals surface area contributed by atoms with Crippen LogP contribution in [0, 0.1) is 17.8 Å². The normalized spacial score (nSPS) is 37.5. The van der Waals surface area contributed by atoms with E-state index in [-0.39, 0.29) is 29.4 Å². The summed E-state index contributed by atoms with van der Waals surface area (Å²) in [6, 6.07) is 7.85. The van der Waals surface area contributed by atoms with Gasteiger partial charge in [-0.05, 0) is 35.8 Å². The summed E-state index contributed by atoms with van der Waals surface area (Å²) in [6.07, 6.45) is 5.50. The van der Waals surface area contributed by atoms with Crippen molar-refractivity contribution in [3.05, 3.63) is 47.5 Å². The molecule has 1 saturated heterocycles. The van der Waals surface area contributed by atoms with Gasteiger partial charge in [-0.3, -0.25) is 4.79 Å². The molecule has 4 aliphatic rings. The van der Waals surface area contributed by atoms with Crippen molar-refractivity contribution < 1.29 is 14.3 Å². The number of nitrogens with zero attached hydrogens (tertiary/aromatic N) is 1. The number of hydrogen-bond donors (Lipinski definition) is 0. The monoisotopic (exact) mass is 323 g/mol. The third-order valence-corrected chi connectivity index (χ3v) is 6.52. The summed E-state index contributed by atoms with van der Waals surface area (Å²) in [5.41, 5.74) is 1.93. The topological polar surface area (TPSA) is 46.6 Å². The van der Waals surface area contributed by atoms with Crippen molar-refractivity contribution in [2.75, 3.05) is 0 Å². The Kier molecular flexibility index (Phi) is 2.67. The van der Waals surface area contributed by atoms with Crippen LogP contribution in [0.5, 0.6) is 0 Å². The number of hydrogen-bond acceptors (Lipinski definition) is 3. The van der Waals surface area contributed by atoms with Gasteiger partial charge in [-0.25, -0.2) is 9.69 Å². The minimum atomic E-state index is -0.468. The highest BCUT2D eigenvalue weighted by molar-refractivity contribution is 5.96. The van der Waals surface area contributed by atoms with Crippen molar-refractivity contribution in [3.8, 4) is 0 Å². The molecule has 1 aromatic rings. The summed E-state index contributed by atoms with van der Waals surface area (Å²) in [5.74, 6) is 0.699. The molecule has 0 aromatic heterocycles. The molecule has 0 N–H and O–H groups in total. The molecule has 4 nitrogen and oxygen atoms in total. The number of imide groups is 1. The molecule has 0 spiro atoms. The maximum Gasteiger partial charge on any atom is 0.417 e. The molecule has 4 heteroatoms. The van der Waals surface area contributed by atoms with Crippen LogP contribution >= 0.6 is 0 Å². The van der Waals surface area contributed by atoms with Crippen LogP contribution in [0.3, 0.4) is 0 Å². The Balaban J connectivity index is 1.53. The number of ether oxygens (including phenoxy) is 1. The average molecular weight is 323 g/mol. The van der Waals surface area contributed by atoms with E-state index < -0.39 is 6.09 Å². The van der Waals surface area contributed by atoms with Gasteiger partial charge < -0.3 is 4.74 Å². The molecule has 2 fully saturated rings. The molecule has 0 radical (unpaired) electrons. The molecule has 2 amide bonds. The highest BCUT2D eigenvalue weighted by Crippen LogP contribution is 2.53. The van der Waals surface area contributed by atoms with E-state index in [4.69, 9.17) is 4.74 Å². The predicted octanol–water partition coefficient (Wildman–Crippen LogP) is 3.58. The fourth-order valence-electron chi connectivity index (χ4n) is 5.38.